The van der Waals surface area contributed by atoms with Gasteiger partial charge in [0.2, 0.25) is 5.78 Å². The second-order valence-electron chi connectivity index (χ2n) is 5.67. The second kappa shape index (κ2) is 4.84. The Morgan fingerprint density at radius 3 is 2.94 bits per heavy atom. The lowest BCUT2D eigenvalue weighted by Crippen LogP contribution is -2.52. The van der Waals surface area contributed by atoms with Crippen LogP contribution in [0.1, 0.15) is 49.1 Å². The maximum Gasteiger partial charge on any atom is 0.215 e. The van der Waals surface area contributed by atoms with Gasteiger partial charge in [0.05, 0.1) is 6.04 Å². The zero-order valence-electron chi connectivity index (χ0n) is 10.9. The van der Waals surface area contributed by atoms with Crippen molar-refractivity contribution in [2.24, 2.45) is 13.0 Å². The molecule has 0 bridgehead atoms. The number of rotatable bonds is 2. The molecule has 1 aromatic heterocycles. The number of nitrogens with zero attached hydrogens (tertiary/aromatic N) is 2. The summed E-state index contributed by atoms with van der Waals surface area (Å²) in [5.41, 5.74) is 0. The second-order valence-corrected chi connectivity index (χ2v) is 5.67. The topological polar surface area (TPSA) is 46.9 Å². The van der Waals surface area contributed by atoms with Gasteiger partial charge in [0.1, 0.15) is 0 Å². The first-order valence-corrected chi connectivity index (χ1v) is 7.03. The molecule has 1 saturated carbocycles. The van der Waals surface area contributed by atoms with Crippen LogP contribution in [0.3, 0.4) is 0 Å². The molecule has 1 N–H and O–H groups in total. The highest BCUT2D eigenvalue weighted by Gasteiger charge is 2.35. The van der Waals surface area contributed by atoms with Crippen LogP contribution in [0.25, 0.3) is 0 Å². The number of carbonyl (C=O) groups is 1. The van der Waals surface area contributed by atoms with E-state index in [0.29, 0.717) is 11.9 Å². The van der Waals surface area contributed by atoms with Gasteiger partial charge in [-0.3, -0.25) is 4.79 Å². The summed E-state index contributed by atoms with van der Waals surface area (Å²) in [7, 11) is 1.88. The van der Waals surface area contributed by atoms with Gasteiger partial charge in [0, 0.05) is 25.5 Å². The molecule has 2 aliphatic rings. The summed E-state index contributed by atoms with van der Waals surface area (Å²) < 4.78 is 1.82. The van der Waals surface area contributed by atoms with E-state index in [1.165, 1.54) is 32.1 Å². The lowest BCUT2D eigenvalue weighted by molar-refractivity contribution is 0.0848. The fourth-order valence-corrected chi connectivity index (χ4v) is 3.46. The maximum absolute atomic E-state index is 12.4. The van der Waals surface area contributed by atoms with Crippen molar-refractivity contribution in [3.05, 3.63) is 18.2 Å². The molecule has 1 saturated heterocycles. The minimum Gasteiger partial charge on any atom is -0.332 e. The molecule has 0 radical (unpaired) electrons. The summed E-state index contributed by atoms with van der Waals surface area (Å²) in [6.07, 6.45) is 10.9. The number of carbonyl (C=O) groups excluding carboxylic acids is 1. The zero-order valence-corrected chi connectivity index (χ0v) is 10.9. The predicted octanol–water partition coefficient (Wildman–Crippen LogP) is 1.91. The molecular weight excluding hydrogens is 226 g/mol. The third-order valence-electron chi connectivity index (χ3n) is 4.51. The van der Waals surface area contributed by atoms with Crippen molar-refractivity contribution in [2.45, 2.75) is 50.6 Å². The molecular formula is C14H21N3O. The molecule has 0 spiro atoms. The van der Waals surface area contributed by atoms with Crippen molar-refractivity contribution in [2.75, 3.05) is 0 Å². The Hall–Kier alpha value is -1.16. The number of Topliss-reactive ketones (excluding diaryl/α,β-unsaturated/α-hetero) is 1. The van der Waals surface area contributed by atoms with Gasteiger partial charge in [-0.25, -0.2) is 4.98 Å². The normalized spacial score (nSPS) is 31.9. The van der Waals surface area contributed by atoms with Gasteiger partial charge in [-0.2, -0.15) is 0 Å². The van der Waals surface area contributed by atoms with Crippen molar-refractivity contribution in [1.82, 2.24) is 14.9 Å². The van der Waals surface area contributed by atoms with Crippen LogP contribution in [0.15, 0.2) is 12.4 Å². The SMILES string of the molecule is Cn1ccnc1C(=O)C1CCC2CCCCC2N1. The van der Waals surface area contributed by atoms with E-state index in [2.05, 4.69) is 10.3 Å². The molecule has 3 atom stereocenters. The molecule has 4 heteroatoms. The van der Waals surface area contributed by atoms with E-state index < -0.39 is 0 Å². The van der Waals surface area contributed by atoms with E-state index in [4.69, 9.17) is 0 Å². The molecule has 98 valence electrons. The summed E-state index contributed by atoms with van der Waals surface area (Å²) >= 11 is 0. The number of nitrogens with one attached hydrogen (secondary N) is 1. The first kappa shape index (κ1) is 11.9. The van der Waals surface area contributed by atoms with Crippen LogP contribution >= 0.6 is 0 Å². The Morgan fingerprint density at radius 2 is 2.17 bits per heavy atom. The molecule has 1 aliphatic carbocycles. The van der Waals surface area contributed by atoms with Gasteiger partial charge in [-0.15, -0.1) is 0 Å². The van der Waals surface area contributed by atoms with Crippen LogP contribution in [0, 0.1) is 5.92 Å². The third-order valence-corrected chi connectivity index (χ3v) is 4.51. The van der Waals surface area contributed by atoms with Crippen molar-refractivity contribution >= 4 is 5.78 Å². The minimum atomic E-state index is -0.0227. The number of piperidine rings is 1. The van der Waals surface area contributed by atoms with Gasteiger partial charge in [-0.05, 0) is 31.6 Å². The lowest BCUT2D eigenvalue weighted by Gasteiger charge is -2.39. The largest absolute Gasteiger partial charge is 0.332 e. The van der Waals surface area contributed by atoms with Crippen LogP contribution in [-0.4, -0.2) is 27.4 Å². The predicted molar refractivity (Wildman–Crippen MR) is 69.4 cm³/mol. The molecule has 3 unspecified atom stereocenters. The van der Waals surface area contributed by atoms with Crippen LogP contribution in [0.2, 0.25) is 0 Å². The summed E-state index contributed by atoms with van der Waals surface area (Å²) in [5, 5.41) is 3.57. The Balaban J connectivity index is 1.70. The Morgan fingerprint density at radius 1 is 1.33 bits per heavy atom. The van der Waals surface area contributed by atoms with E-state index in [1.807, 2.05) is 17.8 Å². The number of imidazole rings is 1. The highest BCUT2D eigenvalue weighted by atomic mass is 16.1. The Labute approximate surface area is 108 Å². The highest BCUT2D eigenvalue weighted by molar-refractivity contribution is 5.97. The zero-order chi connectivity index (χ0) is 12.5. The standard InChI is InChI=1S/C14H21N3O/c1-17-9-8-15-14(17)13(18)12-7-6-10-4-2-3-5-11(10)16-12/h8-12,16H,2-7H2,1H3. The smallest absolute Gasteiger partial charge is 0.215 e. The first-order valence-electron chi connectivity index (χ1n) is 7.03. The summed E-state index contributed by atoms with van der Waals surface area (Å²) in [4.78, 5) is 16.6. The van der Waals surface area contributed by atoms with Gasteiger partial charge >= 0.3 is 0 Å². The van der Waals surface area contributed by atoms with Crippen LogP contribution < -0.4 is 5.32 Å². The van der Waals surface area contributed by atoms with Crippen LogP contribution in [-0.2, 0) is 7.05 Å². The average molecular weight is 247 g/mol. The fourth-order valence-electron chi connectivity index (χ4n) is 3.46. The van der Waals surface area contributed by atoms with E-state index in [-0.39, 0.29) is 11.8 Å². The number of ketones is 1. The van der Waals surface area contributed by atoms with E-state index in [9.17, 15) is 4.79 Å². The number of aromatic nitrogens is 2. The van der Waals surface area contributed by atoms with E-state index in [0.717, 1.165) is 12.3 Å². The molecule has 0 aromatic carbocycles. The number of hydrogen-bond donors (Lipinski definition) is 1. The van der Waals surface area contributed by atoms with Crippen molar-refractivity contribution in [3.63, 3.8) is 0 Å². The Kier molecular flexibility index (Phi) is 3.20. The average Bonchev–Trinajstić information content (AvgIpc) is 2.83. The van der Waals surface area contributed by atoms with Gasteiger partial charge < -0.3 is 9.88 Å². The minimum absolute atomic E-state index is 0.0227. The number of fused-ring (bicyclic) bond motifs is 1. The molecule has 3 rings (SSSR count). The van der Waals surface area contributed by atoms with Crippen LogP contribution in [0.5, 0.6) is 0 Å². The monoisotopic (exact) mass is 247 g/mol. The quantitative estimate of drug-likeness (QED) is 0.812. The van der Waals surface area contributed by atoms with Gasteiger partial charge in [-0.1, -0.05) is 12.8 Å². The van der Waals surface area contributed by atoms with Crippen molar-refractivity contribution in [1.29, 1.82) is 0 Å². The van der Waals surface area contributed by atoms with Crippen LogP contribution in [0.4, 0.5) is 0 Å². The molecule has 1 aliphatic heterocycles. The highest BCUT2D eigenvalue weighted by Crippen LogP contribution is 2.32. The lowest BCUT2D eigenvalue weighted by atomic mass is 9.77. The number of hydrogen-bond acceptors (Lipinski definition) is 3. The molecule has 18 heavy (non-hydrogen) atoms. The summed E-state index contributed by atoms with van der Waals surface area (Å²) in [5.74, 6) is 1.54. The molecule has 0 amide bonds. The van der Waals surface area contributed by atoms with Crippen molar-refractivity contribution < 1.29 is 4.79 Å². The van der Waals surface area contributed by atoms with Gasteiger partial charge in [0.15, 0.2) is 5.82 Å². The van der Waals surface area contributed by atoms with Gasteiger partial charge in [0.25, 0.3) is 0 Å². The summed E-state index contributed by atoms with van der Waals surface area (Å²) in [6.45, 7) is 0. The molecule has 2 heterocycles. The first-order chi connectivity index (χ1) is 8.75. The maximum atomic E-state index is 12.4. The third kappa shape index (κ3) is 2.09. The van der Waals surface area contributed by atoms with Crippen molar-refractivity contribution in [3.8, 4) is 0 Å². The summed E-state index contributed by atoms with van der Waals surface area (Å²) in [6, 6.07) is 0.534. The van der Waals surface area contributed by atoms with E-state index >= 15 is 0 Å². The molecule has 2 fully saturated rings. The molecule has 1 aromatic rings. The fraction of sp³-hybridized carbons (Fsp3) is 0.714. The Bertz CT molecular complexity index is 440. The molecule has 4 nitrogen and oxygen atoms in total. The number of aryl methyl sites for hydroxylation is 1. The van der Waals surface area contributed by atoms with E-state index in [1.54, 1.807) is 6.20 Å².